The molecule has 0 aromatic carbocycles. The first-order valence-corrected chi connectivity index (χ1v) is 2.05. The van der Waals surface area contributed by atoms with Crippen LogP contribution in [0.5, 0.6) is 0 Å². The average Bonchev–Trinajstić information content (AvgIpc) is 1.38. The van der Waals surface area contributed by atoms with Crippen LogP contribution in [0.2, 0.25) is 0 Å². The quantitative estimate of drug-likeness (QED) is 0.407. The second-order valence-electron chi connectivity index (χ2n) is 0.343. The molecule has 0 aliphatic rings. The van der Waals surface area contributed by atoms with Crippen molar-refractivity contribution < 1.29 is 52.3 Å². The summed E-state index contributed by atoms with van der Waals surface area (Å²) in [7, 11) is -3.29. The van der Waals surface area contributed by atoms with Gasteiger partial charge in [-0.3, -0.25) is 9.09 Å². The Morgan fingerprint density at radius 3 is 1.88 bits per heavy atom. The van der Waals surface area contributed by atoms with Gasteiger partial charge >= 0.3 is 61.8 Å². The van der Waals surface area contributed by atoms with Crippen molar-refractivity contribution in [1.29, 1.82) is 0 Å². The summed E-state index contributed by atoms with van der Waals surface area (Å²) in [5.41, 5.74) is 0. The molecular weight excluding hydrogens is 169 g/mol. The predicted molar refractivity (Wildman–Crippen MR) is 29.9 cm³/mol. The van der Waals surface area contributed by atoms with Crippen LogP contribution in [0.3, 0.4) is 0 Å². The van der Waals surface area contributed by atoms with Crippen molar-refractivity contribution in [3.05, 3.63) is 0 Å². The van der Waals surface area contributed by atoms with Gasteiger partial charge in [0.25, 0.3) is 0 Å². The fourth-order valence-corrected chi connectivity index (χ4v) is 0. The van der Waals surface area contributed by atoms with Crippen LogP contribution in [-0.4, -0.2) is 54.4 Å². The van der Waals surface area contributed by atoms with Crippen molar-refractivity contribution in [2.24, 2.45) is 0 Å². The van der Waals surface area contributed by atoms with Crippen molar-refractivity contribution in [2.75, 3.05) is 0 Å². The first-order chi connectivity index (χ1) is 2.27. The van der Waals surface area contributed by atoms with Crippen molar-refractivity contribution in [1.82, 2.24) is 0 Å². The van der Waals surface area contributed by atoms with Crippen molar-refractivity contribution >= 4 is 49.6 Å². The van der Waals surface area contributed by atoms with Crippen LogP contribution in [0.4, 0.5) is 4.53 Å². The van der Waals surface area contributed by atoms with Gasteiger partial charge in [0.1, 0.15) is 0 Å². The molecule has 1 N–H and O–H groups in total. The molecule has 0 heterocycles. The molecule has 0 aliphatic heterocycles. The van der Waals surface area contributed by atoms with Crippen LogP contribution >= 0.6 is 0 Å². The molecule has 0 amide bonds. The first kappa shape index (κ1) is 22.5. The maximum absolute atomic E-state index is 10.1. The standard InChI is InChI=1S/Al.FHO3Si.Mg.Na.6H/c;1-4-5(2)3;;;;;;;;/h;2H;;;;;;;;/q;;+2;+1;;;;3*-1. The summed E-state index contributed by atoms with van der Waals surface area (Å²) in [5.74, 6) is 0. The van der Waals surface area contributed by atoms with Gasteiger partial charge in [-0.1, -0.05) is 0 Å². The van der Waals surface area contributed by atoms with Gasteiger partial charge in [-0.15, -0.1) is 0 Å². The van der Waals surface area contributed by atoms with E-state index in [1.165, 1.54) is 0 Å². The van der Waals surface area contributed by atoms with E-state index in [0.29, 0.717) is 0 Å². The third kappa shape index (κ3) is 24.9. The number of hydrogen-bond acceptors (Lipinski definition) is 2. The van der Waals surface area contributed by atoms with Gasteiger partial charge in [-0.2, -0.15) is 0 Å². The average molecular weight is 176 g/mol. The molecule has 0 saturated heterocycles. The molecule has 0 rings (SSSR count). The van der Waals surface area contributed by atoms with E-state index in [2.05, 4.69) is 4.63 Å². The van der Waals surface area contributed by atoms with Crippen molar-refractivity contribution in [2.45, 2.75) is 0 Å². The molecule has 0 atom stereocenters. The number of hydrogen-bond donors (Lipinski definition) is 1. The molecular formula is H7AlFMgNaO3Si. The van der Waals surface area contributed by atoms with Crippen LogP contribution in [0.15, 0.2) is 0 Å². The van der Waals surface area contributed by atoms with Crippen LogP contribution < -0.4 is 29.6 Å². The van der Waals surface area contributed by atoms with Gasteiger partial charge in [-0.05, 0) is 0 Å². The molecule has 0 radical (unpaired) electrons. The van der Waals surface area contributed by atoms with E-state index < -0.39 is 9.17 Å². The minimum absolute atomic E-state index is 0. The fourth-order valence-electron chi connectivity index (χ4n) is 0. The summed E-state index contributed by atoms with van der Waals surface area (Å²) >= 11 is 0. The molecule has 8 heteroatoms. The molecule has 0 aromatic heterocycles. The van der Waals surface area contributed by atoms with E-state index in [1.54, 1.807) is 0 Å². The second-order valence-corrected chi connectivity index (χ2v) is 1.03. The molecule has 0 fully saturated rings. The largest absolute Gasteiger partial charge is 2.00 e. The summed E-state index contributed by atoms with van der Waals surface area (Å²) in [6.07, 6.45) is 0. The maximum atomic E-state index is 10.1. The Labute approximate surface area is 101 Å². The number of halogens is 1. The molecule has 8 heavy (non-hydrogen) atoms. The monoisotopic (exact) mass is 176 g/mol. The van der Waals surface area contributed by atoms with E-state index in [4.69, 9.17) is 9.26 Å². The zero-order valence-corrected chi connectivity index (χ0v) is 8.26. The first-order valence-electron chi connectivity index (χ1n) is 0.786. The van der Waals surface area contributed by atoms with Crippen LogP contribution in [0.25, 0.3) is 0 Å². The van der Waals surface area contributed by atoms with E-state index in [1.807, 2.05) is 0 Å². The third-order valence-corrected chi connectivity index (χ3v) is 0.198. The Morgan fingerprint density at radius 2 is 1.88 bits per heavy atom. The molecule has 3 nitrogen and oxygen atoms in total. The predicted octanol–water partition coefficient (Wildman–Crippen LogP) is -4.93. The van der Waals surface area contributed by atoms with E-state index >= 15 is 0 Å². The smallest absolute Gasteiger partial charge is 1.00 e. The summed E-state index contributed by atoms with van der Waals surface area (Å²) in [6.45, 7) is 0. The molecule has 0 unspecified atom stereocenters. The zero-order chi connectivity index (χ0) is 4.28. The molecule has 0 aromatic rings. The summed E-state index contributed by atoms with van der Waals surface area (Å²) in [4.78, 5) is 7.31. The Balaban J connectivity index is -0.00000000533. The van der Waals surface area contributed by atoms with Gasteiger partial charge in [-0.25, -0.2) is 0 Å². The third-order valence-electron chi connectivity index (χ3n) is 0.0660. The topological polar surface area (TPSA) is 46.5 Å². The summed E-state index contributed by atoms with van der Waals surface area (Å²) < 4.78 is 21.4. The van der Waals surface area contributed by atoms with Crippen molar-refractivity contribution in [3.8, 4) is 0 Å². The molecule has 42 valence electrons. The second kappa shape index (κ2) is 15.9. The SMILES string of the molecule is O=[Si](O)OF.[AlH3].[H-].[H-].[H-].[Mg+2].[Na+]. The Hall–Kier alpha value is 1.85. The summed E-state index contributed by atoms with van der Waals surface area (Å²) in [6, 6.07) is 0. The molecule has 0 saturated carbocycles. The Morgan fingerprint density at radius 1 is 1.75 bits per heavy atom. The van der Waals surface area contributed by atoms with Crippen LogP contribution in [0.1, 0.15) is 4.28 Å². The normalized spacial score (nSPS) is 4.12. The van der Waals surface area contributed by atoms with Gasteiger partial charge < -0.3 is 9.08 Å². The minimum atomic E-state index is -3.29. The zero-order valence-electron chi connectivity index (χ0n) is 6.85. The van der Waals surface area contributed by atoms with Crippen LogP contribution in [0, 0.1) is 0 Å². The van der Waals surface area contributed by atoms with E-state index in [-0.39, 0.29) is 74.3 Å². The fraction of sp³-hybridized carbons (Fsp3) is 0. The van der Waals surface area contributed by atoms with Gasteiger partial charge in [0.15, 0.2) is 17.4 Å². The number of rotatable bonds is 1. The van der Waals surface area contributed by atoms with Crippen molar-refractivity contribution in [3.63, 3.8) is 0 Å². The van der Waals surface area contributed by atoms with Gasteiger partial charge in [0, 0.05) is 4.53 Å². The molecule has 0 bridgehead atoms. The summed E-state index contributed by atoms with van der Waals surface area (Å²) in [5, 5.41) is 0. The maximum Gasteiger partial charge on any atom is 2.00 e. The van der Waals surface area contributed by atoms with Gasteiger partial charge in [0.05, 0.1) is 0 Å². The molecule has 0 spiro atoms. The Kier molecular flexibility index (Phi) is 44.9. The van der Waals surface area contributed by atoms with Crippen LogP contribution in [-0.2, 0) is 9.09 Å². The Bertz CT molecular complexity index is 63.8. The van der Waals surface area contributed by atoms with Gasteiger partial charge in [0.2, 0.25) is 0 Å². The molecule has 0 aliphatic carbocycles. The van der Waals surface area contributed by atoms with E-state index in [9.17, 15) is 4.53 Å². The van der Waals surface area contributed by atoms with E-state index in [0.717, 1.165) is 0 Å². The minimum Gasteiger partial charge on any atom is -1.00 e.